The standard InChI is InChI=1S/C27H27ClN2O6S/c28-20-9-16(27(33)30-7-4-18(31)5-8-30)1-2-19(20)23-10-17(14-37-23)15-3-6-29-24(11-15)36-22-13-35-25-21(32)12-34-26(22)25/h1-3,6,9-11,14,18,21-22,25-26,31-32H,4-5,7-8,12-13H2. The summed E-state index contributed by atoms with van der Waals surface area (Å²) < 4.78 is 17.3. The molecule has 3 aliphatic heterocycles. The van der Waals surface area contributed by atoms with Gasteiger partial charge in [0.2, 0.25) is 5.88 Å². The molecule has 4 atom stereocenters. The van der Waals surface area contributed by atoms with E-state index >= 15 is 0 Å². The Morgan fingerprint density at radius 3 is 2.68 bits per heavy atom. The van der Waals surface area contributed by atoms with E-state index in [4.69, 9.17) is 25.8 Å². The van der Waals surface area contributed by atoms with Gasteiger partial charge in [0.1, 0.15) is 18.3 Å². The fourth-order valence-corrected chi connectivity index (χ4v) is 6.38. The van der Waals surface area contributed by atoms with Crippen molar-refractivity contribution in [2.45, 2.75) is 43.4 Å². The number of halogens is 1. The van der Waals surface area contributed by atoms with Crippen molar-refractivity contribution in [3.8, 4) is 27.4 Å². The van der Waals surface area contributed by atoms with Gasteiger partial charge in [-0.2, -0.15) is 0 Å². The van der Waals surface area contributed by atoms with Crippen LogP contribution in [0.5, 0.6) is 5.88 Å². The van der Waals surface area contributed by atoms with Crippen molar-refractivity contribution in [2.75, 3.05) is 26.3 Å². The van der Waals surface area contributed by atoms with E-state index in [2.05, 4.69) is 11.1 Å². The zero-order valence-corrected chi connectivity index (χ0v) is 21.5. The van der Waals surface area contributed by atoms with Crippen LogP contribution < -0.4 is 4.74 Å². The minimum absolute atomic E-state index is 0.0620. The van der Waals surface area contributed by atoms with Gasteiger partial charge in [-0.05, 0) is 53.6 Å². The molecule has 8 nitrogen and oxygen atoms in total. The Kier molecular flexibility index (Phi) is 6.91. The van der Waals surface area contributed by atoms with Crippen molar-refractivity contribution in [1.82, 2.24) is 9.88 Å². The number of piperidine rings is 1. The smallest absolute Gasteiger partial charge is 0.253 e. The van der Waals surface area contributed by atoms with Crippen molar-refractivity contribution in [2.24, 2.45) is 0 Å². The number of hydrogen-bond acceptors (Lipinski definition) is 8. The molecule has 0 aliphatic carbocycles. The Bertz CT molecular complexity index is 1290. The highest BCUT2D eigenvalue weighted by atomic mass is 35.5. The molecule has 0 saturated carbocycles. The van der Waals surface area contributed by atoms with E-state index in [1.165, 1.54) is 0 Å². The van der Waals surface area contributed by atoms with Gasteiger partial charge in [-0.1, -0.05) is 17.7 Å². The van der Waals surface area contributed by atoms with Crippen molar-refractivity contribution in [1.29, 1.82) is 0 Å². The number of rotatable bonds is 5. The minimum atomic E-state index is -0.625. The lowest BCUT2D eigenvalue weighted by atomic mass is 10.0. The van der Waals surface area contributed by atoms with E-state index < -0.39 is 6.10 Å². The Labute approximate surface area is 223 Å². The molecule has 4 unspecified atom stereocenters. The molecule has 6 rings (SSSR count). The van der Waals surface area contributed by atoms with Crippen LogP contribution in [-0.4, -0.2) is 82.8 Å². The molecule has 194 valence electrons. The molecule has 3 fully saturated rings. The molecule has 0 spiro atoms. The summed E-state index contributed by atoms with van der Waals surface area (Å²) in [7, 11) is 0. The molecule has 3 aromatic rings. The molecular weight excluding hydrogens is 516 g/mol. The highest BCUT2D eigenvalue weighted by Crippen LogP contribution is 2.38. The fourth-order valence-electron chi connectivity index (χ4n) is 5.08. The van der Waals surface area contributed by atoms with E-state index in [1.54, 1.807) is 28.5 Å². The van der Waals surface area contributed by atoms with Crippen molar-refractivity contribution in [3.63, 3.8) is 0 Å². The van der Waals surface area contributed by atoms with Crippen LogP contribution in [0.15, 0.2) is 48.0 Å². The topological polar surface area (TPSA) is 101 Å². The zero-order chi connectivity index (χ0) is 25.5. The van der Waals surface area contributed by atoms with E-state index in [1.807, 2.05) is 29.6 Å². The van der Waals surface area contributed by atoms with Gasteiger partial charge in [0.05, 0.1) is 24.3 Å². The maximum atomic E-state index is 12.9. The Morgan fingerprint density at radius 2 is 1.86 bits per heavy atom. The number of aromatic nitrogens is 1. The fraction of sp³-hybridized carbons (Fsp3) is 0.407. The van der Waals surface area contributed by atoms with Gasteiger partial charge >= 0.3 is 0 Å². The number of benzene rings is 1. The SMILES string of the molecule is O=C(c1ccc(-c2cc(-c3ccnc(OC4COC5C(O)COC45)c3)cs2)c(Cl)c1)N1CCC(O)CC1. The van der Waals surface area contributed by atoms with Crippen LogP contribution in [0.3, 0.4) is 0 Å². The summed E-state index contributed by atoms with van der Waals surface area (Å²) in [5, 5.41) is 22.2. The van der Waals surface area contributed by atoms with Gasteiger partial charge in [-0.15, -0.1) is 11.3 Å². The second-order valence-corrected chi connectivity index (χ2v) is 10.9. The molecule has 3 saturated heterocycles. The quantitative estimate of drug-likeness (QED) is 0.507. The number of aliphatic hydroxyl groups is 2. The molecule has 0 radical (unpaired) electrons. The number of amides is 1. The second kappa shape index (κ2) is 10.3. The first kappa shape index (κ1) is 24.8. The van der Waals surface area contributed by atoms with Gasteiger partial charge in [0.25, 0.3) is 5.91 Å². The number of fused-ring (bicyclic) bond motifs is 1. The number of pyridine rings is 1. The second-order valence-electron chi connectivity index (χ2n) is 9.62. The number of nitrogens with zero attached hydrogens (tertiary/aromatic N) is 2. The number of carbonyl (C=O) groups is 1. The summed E-state index contributed by atoms with van der Waals surface area (Å²) in [6.45, 7) is 1.70. The summed E-state index contributed by atoms with van der Waals surface area (Å²) in [6.07, 6.45) is 0.974. The first-order chi connectivity index (χ1) is 18.0. The molecule has 0 bridgehead atoms. The summed E-state index contributed by atoms with van der Waals surface area (Å²) in [4.78, 5) is 20.0. The van der Waals surface area contributed by atoms with Crippen molar-refractivity contribution in [3.05, 3.63) is 58.6 Å². The number of aliphatic hydroxyl groups excluding tert-OH is 2. The van der Waals surface area contributed by atoms with Gasteiger partial charge in [0, 0.05) is 41.4 Å². The summed E-state index contributed by atoms with van der Waals surface area (Å²) in [6, 6.07) is 11.3. The molecule has 1 amide bonds. The lowest BCUT2D eigenvalue weighted by molar-refractivity contribution is 0.00781. The van der Waals surface area contributed by atoms with Crippen LogP contribution >= 0.6 is 22.9 Å². The third kappa shape index (κ3) is 4.99. The summed E-state index contributed by atoms with van der Waals surface area (Å²) in [5.74, 6) is 0.406. The highest BCUT2D eigenvalue weighted by molar-refractivity contribution is 7.14. The van der Waals surface area contributed by atoms with Crippen molar-refractivity contribution >= 4 is 28.8 Å². The predicted molar refractivity (Wildman–Crippen MR) is 139 cm³/mol. The van der Waals surface area contributed by atoms with Gasteiger partial charge in [-0.3, -0.25) is 4.79 Å². The lowest BCUT2D eigenvalue weighted by Gasteiger charge is -2.29. The molecule has 10 heteroatoms. The molecule has 37 heavy (non-hydrogen) atoms. The van der Waals surface area contributed by atoms with E-state index in [9.17, 15) is 15.0 Å². The van der Waals surface area contributed by atoms with E-state index in [0.717, 1.165) is 21.6 Å². The highest BCUT2D eigenvalue weighted by Gasteiger charge is 2.48. The van der Waals surface area contributed by atoms with Crippen LogP contribution in [0, 0.1) is 0 Å². The number of carbonyl (C=O) groups excluding carboxylic acids is 1. The third-order valence-corrected chi connectivity index (χ3v) is 8.43. The molecule has 3 aliphatic rings. The summed E-state index contributed by atoms with van der Waals surface area (Å²) in [5.41, 5.74) is 3.36. The van der Waals surface area contributed by atoms with E-state index in [-0.39, 0.29) is 36.9 Å². The Balaban J connectivity index is 1.16. The molecule has 1 aromatic carbocycles. The minimum Gasteiger partial charge on any atom is -0.469 e. The molecular formula is C27H27ClN2O6S. The lowest BCUT2D eigenvalue weighted by Crippen LogP contribution is -2.40. The van der Waals surface area contributed by atoms with Gasteiger partial charge in [-0.25, -0.2) is 4.98 Å². The van der Waals surface area contributed by atoms with Gasteiger partial charge < -0.3 is 29.3 Å². The first-order valence-corrected chi connectivity index (χ1v) is 13.6. The van der Waals surface area contributed by atoms with Crippen LogP contribution in [0.25, 0.3) is 21.6 Å². The molecule has 2 N–H and O–H groups in total. The Morgan fingerprint density at radius 1 is 1.05 bits per heavy atom. The van der Waals surface area contributed by atoms with Gasteiger partial charge in [0.15, 0.2) is 6.10 Å². The van der Waals surface area contributed by atoms with Crippen LogP contribution in [-0.2, 0) is 9.47 Å². The predicted octanol–water partition coefficient (Wildman–Crippen LogP) is 3.63. The number of hydrogen-bond donors (Lipinski definition) is 2. The Hall–Kier alpha value is -2.53. The molecule has 2 aromatic heterocycles. The first-order valence-electron chi connectivity index (χ1n) is 12.4. The maximum Gasteiger partial charge on any atom is 0.253 e. The number of likely N-dealkylation sites (tertiary alicyclic amines) is 1. The average Bonchev–Trinajstić information content (AvgIpc) is 3.63. The molecule has 5 heterocycles. The van der Waals surface area contributed by atoms with Crippen LogP contribution in [0.1, 0.15) is 23.2 Å². The number of ether oxygens (including phenoxy) is 3. The maximum absolute atomic E-state index is 12.9. The monoisotopic (exact) mass is 542 g/mol. The average molecular weight is 543 g/mol. The largest absolute Gasteiger partial charge is 0.469 e. The van der Waals surface area contributed by atoms with Crippen LogP contribution in [0.2, 0.25) is 5.02 Å². The van der Waals surface area contributed by atoms with Crippen molar-refractivity contribution < 1.29 is 29.2 Å². The normalized spacial score (nSPS) is 25.9. The summed E-state index contributed by atoms with van der Waals surface area (Å²) >= 11 is 8.19. The van der Waals surface area contributed by atoms with E-state index in [0.29, 0.717) is 49.0 Å². The van der Waals surface area contributed by atoms with Crippen LogP contribution in [0.4, 0.5) is 0 Å². The third-order valence-electron chi connectivity index (χ3n) is 7.15. The number of thiophene rings is 1. The zero-order valence-electron chi connectivity index (χ0n) is 20.0.